The number of anilines is 1. The number of methoxy groups -OCH3 is 2. The molecule has 0 radical (unpaired) electrons. The smallest absolute Gasteiger partial charge is 0.118 e. The van der Waals surface area contributed by atoms with E-state index in [-0.39, 0.29) is 6.04 Å². The minimum absolute atomic E-state index is 0.0656. The molecule has 0 saturated carbocycles. The Labute approximate surface area is 174 Å². The van der Waals surface area contributed by atoms with Gasteiger partial charge in [-0.2, -0.15) is 0 Å². The number of benzene rings is 3. The Kier molecular flexibility index (Phi) is 6.95. The average Bonchev–Trinajstić information content (AvgIpc) is 2.75. The second-order valence-corrected chi connectivity index (χ2v) is 7.42. The zero-order valence-corrected chi connectivity index (χ0v) is 17.5. The molecule has 3 aromatic carbocycles. The number of aliphatic hydroxyl groups is 1. The summed E-state index contributed by atoms with van der Waals surface area (Å²) in [4.78, 5) is 0. The van der Waals surface area contributed by atoms with E-state index in [1.165, 1.54) is 0 Å². The first kappa shape index (κ1) is 20.2. The number of hydrogen-bond donors (Lipinski definition) is 2. The van der Waals surface area contributed by atoms with Crippen LogP contribution >= 0.6 is 15.9 Å². The van der Waals surface area contributed by atoms with Crippen molar-refractivity contribution in [1.29, 1.82) is 0 Å². The van der Waals surface area contributed by atoms with E-state index < -0.39 is 6.10 Å². The van der Waals surface area contributed by atoms with Crippen LogP contribution in [-0.4, -0.2) is 19.3 Å². The Morgan fingerprint density at radius 1 is 0.786 bits per heavy atom. The van der Waals surface area contributed by atoms with Gasteiger partial charge in [-0.3, -0.25) is 0 Å². The summed E-state index contributed by atoms with van der Waals surface area (Å²) in [6.07, 6.45) is -0.0877. The molecule has 0 bridgehead atoms. The van der Waals surface area contributed by atoms with Gasteiger partial charge in [0.25, 0.3) is 0 Å². The zero-order valence-electron chi connectivity index (χ0n) is 15.9. The number of aliphatic hydroxyl groups excluding tert-OH is 1. The molecule has 2 atom stereocenters. The molecule has 146 valence electrons. The van der Waals surface area contributed by atoms with Gasteiger partial charge < -0.3 is 19.9 Å². The number of halogens is 1. The highest BCUT2D eigenvalue weighted by atomic mass is 79.9. The highest BCUT2D eigenvalue weighted by Crippen LogP contribution is 2.31. The quantitative estimate of drug-likeness (QED) is 0.467. The van der Waals surface area contributed by atoms with E-state index in [1.807, 2.05) is 72.8 Å². The molecule has 0 heterocycles. The second kappa shape index (κ2) is 9.62. The van der Waals surface area contributed by atoms with Crippen LogP contribution in [0, 0.1) is 0 Å². The van der Waals surface area contributed by atoms with Crippen LogP contribution in [-0.2, 0) is 0 Å². The summed E-state index contributed by atoms with van der Waals surface area (Å²) < 4.78 is 11.5. The largest absolute Gasteiger partial charge is 0.497 e. The summed E-state index contributed by atoms with van der Waals surface area (Å²) in [7, 11) is 3.28. The van der Waals surface area contributed by atoms with Crippen LogP contribution in [0.15, 0.2) is 77.3 Å². The number of ether oxygens (including phenoxy) is 2. The number of rotatable bonds is 8. The Morgan fingerprint density at radius 2 is 1.29 bits per heavy atom. The number of nitrogens with one attached hydrogen (secondary N) is 1. The molecule has 28 heavy (non-hydrogen) atoms. The molecule has 0 aromatic heterocycles. The van der Waals surface area contributed by atoms with Crippen molar-refractivity contribution in [3.05, 3.63) is 88.4 Å². The van der Waals surface area contributed by atoms with E-state index in [2.05, 4.69) is 21.2 Å². The normalized spacial score (nSPS) is 12.9. The minimum Gasteiger partial charge on any atom is -0.497 e. The third-order valence-electron chi connectivity index (χ3n) is 4.66. The summed E-state index contributed by atoms with van der Waals surface area (Å²) in [5, 5.41) is 14.4. The first-order chi connectivity index (χ1) is 13.6. The van der Waals surface area contributed by atoms with Crippen LogP contribution in [0.5, 0.6) is 11.5 Å². The van der Waals surface area contributed by atoms with Crippen LogP contribution in [0.4, 0.5) is 5.69 Å². The molecule has 0 aliphatic carbocycles. The average molecular weight is 442 g/mol. The van der Waals surface area contributed by atoms with Gasteiger partial charge in [0.05, 0.1) is 26.4 Å². The molecule has 4 nitrogen and oxygen atoms in total. The highest BCUT2D eigenvalue weighted by molar-refractivity contribution is 9.10. The lowest BCUT2D eigenvalue weighted by Crippen LogP contribution is -2.15. The van der Waals surface area contributed by atoms with Crippen molar-refractivity contribution in [3.63, 3.8) is 0 Å². The third kappa shape index (κ3) is 5.27. The van der Waals surface area contributed by atoms with Crippen molar-refractivity contribution in [2.45, 2.75) is 18.6 Å². The van der Waals surface area contributed by atoms with Gasteiger partial charge in [0.15, 0.2) is 0 Å². The molecule has 0 amide bonds. The molecule has 0 fully saturated rings. The van der Waals surface area contributed by atoms with Crippen molar-refractivity contribution >= 4 is 21.6 Å². The van der Waals surface area contributed by atoms with Crippen molar-refractivity contribution in [1.82, 2.24) is 0 Å². The summed E-state index contributed by atoms with van der Waals surface area (Å²) in [6, 6.07) is 23.4. The van der Waals surface area contributed by atoms with Gasteiger partial charge in [-0.15, -0.1) is 0 Å². The molecule has 2 unspecified atom stereocenters. The Bertz CT molecular complexity index is 864. The fourth-order valence-corrected chi connectivity index (χ4v) is 3.31. The molecule has 3 rings (SSSR count). The molecular formula is C23H24BrNO3. The molecule has 2 N–H and O–H groups in total. The van der Waals surface area contributed by atoms with E-state index in [4.69, 9.17) is 9.47 Å². The Hall–Kier alpha value is -2.50. The summed E-state index contributed by atoms with van der Waals surface area (Å²) in [5.41, 5.74) is 2.93. The number of hydrogen-bond acceptors (Lipinski definition) is 4. The summed E-state index contributed by atoms with van der Waals surface area (Å²) in [5.74, 6) is 1.58. The van der Waals surface area contributed by atoms with Gasteiger partial charge in [-0.1, -0.05) is 40.2 Å². The highest BCUT2D eigenvalue weighted by Gasteiger charge is 2.18. The van der Waals surface area contributed by atoms with Gasteiger partial charge in [0.2, 0.25) is 0 Å². The Morgan fingerprint density at radius 3 is 1.79 bits per heavy atom. The zero-order chi connectivity index (χ0) is 19.9. The molecular weight excluding hydrogens is 418 g/mol. The lowest BCUT2D eigenvalue weighted by molar-refractivity contribution is 0.160. The predicted molar refractivity (Wildman–Crippen MR) is 116 cm³/mol. The SMILES string of the molecule is COc1ccc(C(O)CC(Nc2ccc(Br)cc2)c2ccc(OC)cc2)cc1. The molecule has 5 heteroatoms. The van der Waals surface area contributed by atoms with Crippen LogP contribution < -0.4 is 14.8 Å². The fraction of sp³-hybridized carbons (Fsp3) is 0.217. The van der Waals surface area contributed by atoms with E-state index in [9.17, 15) is 5.11 Å². The molecule has 0 spiro atoms. The molecule has 0 aliphatic heterocycles. The van der Waals surface area contributed by atoms with Crippen molar-refractivity contribution in [2.75, 3.05) is 19.5 Å². The first-order valence-corrected chi connectivity index (χ1v) is 9.86. The van der Waals surface area contributed by atoms with Crippen molar-refractivity contribution in [2.24, 2.45) is 0 Å². The lowest BCUT2D eigenvalue weighted by atomic mass is 9.96. The van der Waals surface area contributed by atoms with Crippen LogP contribution in [0.3, 0.4) is 0 Å². The maximum Gasteiger partial charge on any atom is 0.118 e. The fourth-order valence-electron chi connectivity index (χ4n) is 3.05. The summed E-state index contributed by atoms with van der Waals surface area (Å²) in [6.45, 7) is 0. The molecule has 3 aromatic rings. The third-order valence-corrected chi connectivity index (χ3v) is 5.19. The van der Waals surface area contributed by atoms with Crippen LogP contribution in [0.2, 0.25) is 0 Å². The van der Waals surface area contributed by atoms with Crippen LogP contribution in [0.25, 0.3) is 0 Å². The maximum atomic E-state index is 10.8. The van der Waals surface area contributed by atoms with E-state index in [1.54, 1.807) is 14.2 Å². The first-order valence-electron chi connectivity index (χ1n) is 9.07. The van der Waals surface area contributed by atoms with Crippen LogP contribution in [0.1, 0.15) is 29.7 Å². The topological polar surface area (TPSA) is 50.7 Å². The van der Waals surface area contributed by atoms with Gasteiger partial charge in [-0.05, 0) is 59.7 Å². The van der Waals surface area contributed by atoms with E-state index in [0.29, 0.717) is 6.42 Å². The van der Waals surface area contributed by atoms with Gasteiger partial charge in [0.1, 0.15) is 11.5 Å². The van der Waals surface area contributed by atoms with Crippen molar-refractivity contribution < 1.29 is 14.6 Å². The second-order valence-electron chi connectivity index (χ2n) is 6.50. The molecule has 0 saturated heterocycles. The van der Waals surface area contributed by atoms with Gasteiger partial charge in [0, 0.05) is 16.6 Å². The lowest BCUT2D eigenvalue weighted by Gasteiger charge is -2.24. The standard InChI is InChI=1S/C23H24BrNO3/c1-27-20-11-3-16(4-12-20)22(25-19-9-7-18(24)8-10-19)15-23(26)17-5-13-21(28-2)14-6-17/h3-14,22-23,25-26H,15H2,1-2H3. The maximum absolute atomic E-state index is 10.8. The molecule has 0 aliphatic rings. The van der Waals surface area contributed by atoms with Crippen molar-refractivity contribution in [3.8, 4) is 11.5 Å². The minimum atomic E-state index is -0.610. The van der Waals surface area contributed by atoms with Gasteiger partial charge >= 0.3 is 0 Å². The monoisotopic (exact) mass is 441 g/mol. The van der Waals surface area contributed by atoms with Gasteiger partial charge in [-0.25, -0.2) is 0 Å². The van der Waals surface area contributed by atoms with E-state index >= 15 is 0 Å². The Balaban J connectivity index is 1.82. The predicted octanol–water partition coefficient (Wildman–Crippen LogP) is 5.74. The summed E-state index contributed by atoms with van der Waals surface area (Å²) >= 11 is 3.46. The van der Waals surface area contributed by atoms with E-state index in [0.717, 1.165) is 32.8 Å².